The van der Waals surface area contributed by atoms with Crippen molar-refractivity contribution in [3.05, 3.63) is 76.8 Å². The number of benzene rings is 2. The molecular formula is C18H13ClF3NO. The molecule has 1 aliphatic carbocycles. The van der Waals surface area contributed by atoms with Gasteiger partial charge in [0, 0.05) is 10.7 Å². The number of nitrogens with one attached hydrogen (secondary N) is 1. The number of allylic oxidation sites excluding steroid dienone is 1. The number of hydrogen-bond acceptors (Lipinski definition) is 2. The van der Waals surface area contributed by atoms with Gasteiger partial charge < -0.3 is 5.32 Å². The highest BCUT2D eigenvalue weighted by Gasteiger charge is 2.36. The third-order valence-electron chi connectivity index (χ3n) is 3.90. The van der Waals surface area contributed by atoms with Crippen molar-refractivity contribution in [1.82, 2.24) is 0 Å². The van der Waals surface area contributed by atoms with Crippen LogP contribution in [0.4, 0.5) is 18.9 Å². The van der Waals surface area contributed by atoms with Gasteiger partial charge in [0.25, 0.3) is 0 Å². The summed E-state index contributed by atoms with van der Waals surface area (Å²) in [5.41, 5.74) is -0.195. The molecule has 0 unspecified atom stereocenters. The van der Waals surface area contributed by atoms with Crippen molar-refractivity contribution >= 4 is 23.1 Å². The van der Waals surface area contributed by atoms with E-state index in [1.54, 1.807) is 30.3 Å². The maximum Gasteiger partial charge on any atom is 0.418 e. The zero-order valence-corrected chi connectivity index (χ0v) is 13.1. The molecule has 1 aliphatic rings. The molecule has 0 heterocycles. The molecule has 1 N–H and O–H groups in total. The van der Waals surface area contributed by atoms with E-state index in [0.717, 1.165) is 11.6 Å². The van der Waals surface area contributed by atoms with Gasteiger partial charge in [-0.3, -0.25) is 4.79 Å². The van der Waals surface area contributed by atoms with Crippen molar-refractivity contribution in [2.75, 3.05) is 5.32 Å². The van der Waals surface area contributed by atoms with Gasteiger partial charge in [-0.25, -0.2) is 0 Å². The fourth-order valence-electron chi connectivity index (χ4n) is 2.81. The average Bonchev–Trinajstić information content (AvgIpc) is 2.89. The predicted octanol–water partition coefficient (Wildman–Crippen LogP) is 5.06. The topological polar surface area (TPSA) is 29.1 Å². The summed E-state index contributed by atoms with van der Waals surface area (Å²) in [7, 11) is 0. The van der Waals surface area contributed by atoms with Crippen molar-refractivity contribution in [3.8, 4) is 0 Å². The van der Waals surface area contributed by atoms with Gasteiger partial charge >= 0.3 is 6.18 Å². The second-order valence-corrected chi connectivity index (χ2v) is 5.94. The Kier molecular flexibility index (Phi) is 4.37. The van der Waals surface area contributed by atoms with Crippen molar-refractivity contribution in [2.24, 2.45) is 0 Å². The largest absolute Gasteiger partial charge is 0.418 e. The van der Waals surface area contributed by atoms with Crippen LogP contribution in [0.25, 0.3) is 0 Å². The fraction of sp³-hybridized carbons (Fsp3) is 0.167. The summed E-state index contributed by atoms with van der Waals surface area (Å²) in [4.78, 5) is 12.1. The molecule has 24 heavy (non-hydrogen) atoms. The molecule has 0 bridgehead atoms. The first-order chi connectivity index (χ1) is 11.4. The molecule has 2 nitrogen and oxygen atoms in total. The van der Waals surface area contributed by atoms with Crippen LogP contribution in [0.1, 0.15) is 17.0 Å². The van der Waals surface area contributed by atoms with E-state index in [9.17, 15) is 18.0 Å². The predicted molar refractivity (Wildman–Crippen MR) is 87.2 cm³/mol. The van der Waals surface area contributed by atoms with Crippen molar-refractivity contribution in [2.45, 2.75) is 18.1 Å². The summed E-state index contributed by atoms with van der Waals surface area (Å²) < 4.78 is 39.6. The molecule has 0 aromatic heterocycles. The maximum absolute atomic E-state index is 13.2. The first-order valence-corrected chi connectivity index (χ1v) is 7.64. The Morgan fingerprint density at radius 1 is 1.04 bits per heavy atom. The highest BCUT2D eigenvalue weighted by Crippen LogP contribution is 2.38. The molecule has 2 aromatic carbocycles. The van der Waals surface area contributed by atoms with Crippen LogP contribution in [0.15, 0.2) is 60.7 Å². The summed E-state index contributed by atoms with van der Waals surface area (Å²) in [6.07, 6.45) is -1.55. The lowest BCUT2D eigenvalue weighted by molar-refractivity contribution is -0.137. The molecule has 0 fully saturated rings. The first-order valence-electron chi connectivity index (χ1n) is 7.26. The third kappa shape index (κ3) is 3.31. The van der Waals surface area contributed by atoms with Crippen molar-refractivity contribution in [3.63, 3.8) is 0 Å². The van der Waals surface area contributed by atoms with Gasteiger partial charge in [-0.15, -0.1) is 0 Å². The Hall–Kier alpha value is -2.27. The number of rotatable bonds is 3. The SMILES string of the molecule is O=C1C=C[C@@H](Nc2ccc(Cl)cc2C(F)(F)F)[C@@H]1c1ccccc1. The molecule has 124 valence electrons. The Morgan fingerprint density at radius 3 is 2.42 bits per heavy atom. The highest BCUT2D eigenvalue weighted by molar-refractivity contribution is 6.30. The van der Waals surface area contributed by atoms with E-state index in [1.807, 2.05) is 6.07 Å². The lowest BCUT2D eigenvalue weighted by atomic mass is 9.92. The maximum atomic E-state index is 13.2. The number of anilines is 1. The molecule has 0 radical (unpaired) electrons. The molecular weight excluding hydrogens is 339 g/mol. The minimum Gasteiger partial charge on any atom is -0.377 e. The molecule has 0 saturated carbocycles. The van der Waals surface area contributed by atoms with Crippen LogP contribution < -0.4 is 5.32 Å². The van der Waals surface area contributed by atoms with Crippen LogP contribution in [0.2, 0.25) is 5.02 Å². The molecule has 2 atom stereocenters. The second kappa shape index (κ2) is 6.32. The van der Waals surface area contributed by atoms with Crippen LogP contribution >= 0.6 is 11.6 Å². The minimum atomic E-state index is -4.54. The Bertz CT molecular complexity index is 787. The van der Waals surface area contributed by atoms with Crippen molar-refractivity contribution in [1.29, 1.82) is 0 Å². The molecule has 6 heteroatoms. The molecule has 2 aromatic rings. The summed E-state index contributed by atoms with van der Waals surface area (Å²) >= 11 is 5.69. The minimum absolute atomic E-state index is 0.00512. The lowest BCUT2D eigenvalue weighted by Crippen LogP contribution is -2.27. The van der Waals surface area contributed by atoms with E-state index >= 15 is 0 Å². The Balaban J connectivity index is 1.94. The highest BCUT2D eigenvalue weighted by atomic mass is 35.5. The van der Waals surface area contributed by atoms with Gasteiger partial charge in [-0.2, -0.15) is 13.2 Å². The van der Waals surface area contributed by atoms with Crippen LogP contribution in [0, 0.1) is 0 Å². The van der Waals surface area contributed by atoms with E-state index in [4.69, 9.17) is 11.6 Å². The Morgan fingerprint density at radius 2 is 1.75 bits per heavy atom. The normalized spacial score (nSPS) is 20.4. The van der Waals surface area contributed by atoms with E-state index < -0.39 is 23.7 Å². The van der Waals surface area contributed by atoms with Gasteiger partial charge in [0.1, 0.15) is 0 Å². The van der Waals surface area contributed by atoms with Crippen LogP contribution in [-0.4, -0.2) is 11.8 Å². The molecule has 0 amide bonds. The van der Waals surface area contributed by atoms with Crippen LogP contribution in [0.3, 0.4) is 0 Å². The standard InChI is InChI=1S/C18H13ClF3NO/c19-12-6-7-14(13(10-12)18(20,21)22)23-15-8-9-16(24)17(15)11-4-2-1-3-5-11/h1-10,15,17,23H/t15-,17+/m1/s1. The van der Waals surface area contributed by atoms with Crippen LogP contribution in [0.5, 0.6) is 0 Å². The number of carbonyl (C=O) groups excluding carboxylic acids is 1. The number of hydrogen-bond donors (Lipinski definition) is 1. The van der Waals surface area contributed by atoms with Gasteiger partial charge in [-0.1, -0.05) is 48.0 Å². The van der Waals surface area contributed by atoms with Gasteiger partial charge in [0.2, 0.25) is 0 Å². The van der Waals surface area contributed by atoms with Gasteiger partial charge in [-0.05, 0) is 29.8 Å². The molecule has 0 aliphatic heterocycles. The second-order valence-electron chi connectivity index (χ2n) is 5.51. The van der Waals surface area contributed by atoms with E-state index in [-0.39, 0.29) is 16.5 Å². The number of ketones is 1. The third-order valence-corrected chi connectivity index (χ3v) is 4.14. The van der Waals surface area contributed by atoms with Gasteiger partial charge in [0.05, 0.1) is 17.5 Å². The monoisotopic (exact) mass is 351 g/mol. The number of carbonyl (C=O) groups is 1. The number of alkyl halides is 3. The summed E-state index contributed by atoms with van der Waals surface area (Å²) in [5.74, 6) is -0.691. The Labute approximate surface area is 141 Å². The quantitative estimate of drug-likeness (QED) is 0.837. The van der Waals surface area contributed by atoms with E-state index in [0.29, 0.717) is 0 Å². The molecule has 3 rings (SSSR count). The molecule has 0 saturated heterocycles. The fourth-order valence-corrected chi connectivity index (χ4v) is 2.98. The van der Waals surface area contributed by atoms with E-state index in [2.05, 4.69) is 5.32 Å². The van der Waals surface area contributed by atoms with Crippen molar-refractivity contribution < 1.29 is 18.0 Å². The zero-order chi connectivity index (χ0) is 17.3. The van der Waals surface area contributed by atoms with Crippen LogP contribution in [-0.2, 0) is 11.0 Å². The van der Waals surface area contributed by atoms with Gasteiger partial charge in [0.15, 0.2) is 5.78 Å². The zero-order valence-electron chi connectivity index (χ0n) is 12.3. The number of halogens is 4. The van der Waals surface area contributed by atoms with E-state index in [1.165, 1.54) is 18.2 Å². The average molecular weight is 352 g/mol. The summed E-state index contributed by atoms with van der Waals surface area (Å²) in [6, 6.07) is 12.0. The first kappa shape index (κ1) is 16.6. The summed E-state index contributed by atoms with van der Waals surface area (Å²) in [5, 5.41) is 2.84. The summed E-state index contributed by atoms with van der Waals surface area (Å²) in [6.45, 7) is 0. The lowest BCUT2D eigenvalue weighted by Gasteiger charge is -2.23. The molecule has 0 spiro atoms. The smallest absolute Gasteiger partial charge is 0.377 e.